The second-order valence-electron chi connectivity index (χ2n) is 10.5. The minimum absolute atomic E-state index is 1.33. The standard InChI is InChI=1S/C29H33PSi2/c1-31(2,3)28-26(23-18-12-8-13-19-23)25(22-16-10-7-11-17-22)27(24-20-14-9-15-21-24)29(30-28)32(4,5)6/h7-21H,1-6H3. The molecule has 0 N–H and O–H groups in total. The molecule has 0 unspecified atom stereocenters. The first-order valence-electron chi connectivity index (χ1n) is 11.4. The van der Waals surface area contributed by atoms with Crippen LogP contribution in [0.25, 0.3) is 33.4 Å². The van der Waals surface area contributed by atoms with Crippen molar-refractivity contribution in [3.63, 3.8) is 0 Å². The monoisotopic (exact) mass is 468 g/mol. The molecule has 4 aromatic rings. The summed E-state index contributed by atoms with van der Waals surface area (Å²) >= 11 is 0. The topological polar surface area (TPSA) is 0 Å². The molecule has 1 heterocycles. The van der Waals surface area contributed by atoms with Crippen LogP contribution in [0.5, 0.6) is 0 Å². The Balaban J connectivity index is 2.28. The molecule has 3 aromatic carbocycles. The number of benzene rings is 3. The maximum atomic E-state index is 2.51. The van der Waals surface area contributed by atoms with E-state index >= 15 is 0 Å². The molecule has 4 rings (SSSR count). The van der Waals surface area contributed by atoms with Crippen LogP contribution < -0.4 is 9.84 Å². The number of hydrogen-bond donors (Lipinski definition) is 0. The lowest BCUT2D eigenvalue weighted by Gasteiger charge is -2.31. The molecule has 0 saturated carbocycles. The van der Waals surface area contributed by atoms with Crippen molar-refractivity contribution in [2.45, 2.75) is 39.3 Å². The van der Waals surface area contributed by atoms with E-state index in [9.17, 15) is 0 Å². The van der Waals surface area contributed by atoms with Crippen LogP contribution in [0.3, 0.4) is 0 Å². The largest absolute Gasteiger partial charge is 0.0843 e. The predicted molar refractivity (Wildman–Crippen MR) is 151 cm³/mol. The maximum Gasteiger partial charge on any atom is 0.0843 e. The van der Waals surface area contributed by atoms with E-state index in [1.165, 1.54) is 41.6 Å². The molecule has 0 bridgehead atoms. The normalized spacial score (nSPS) is 12.1. The fourth-order valence-corrected chi connectivity index (χ4v) is 11.0. The summed E-state index contributed by atoms with van der Waals surface area (Å²) < 4.78 is 0. The third kappa shape index (κ3) is 4.59. The van der Waals surface area contributed by atoms with Gasteiger partial charge in [0, 0.05) is 0 Å². The molecule has 0 spiro atoms. The van der Waals surface area contributed by atoms with E-state index in [1.54, 1.807) is 9.84 Å². The summed E-state index contributed by atoms with van der Waals surface area (Å²) in [5.41, 5.74) is 8.39. The Morgan fingerprint density at radius 3 is 0.969 bits per heavy atom. The molecule has 0 aliphatic rings. The second-order valence-corrected chi connectivity index (χ2v) is 22.5. The van der Waals surface area contributed by atoms with E-state index in [2.05, 4.69) is 130 Å². The Hall–Kier alpha value is -2.26. The molecular weight excluding hydrogens is 435 g/mol. The predicted octanol–water partition coefficient (Wildman–Crippen LogP) is 8.36. The van der Waals surface area contributed by atoms with Gasteiger partial charge in [0.2, 0.25) is 0 Å². The fraction of sp³-hybridized carbons (Fsp3) is 0.207. The van der Waals surface area contributed by atoms with Gasteiger partial charge in [-0.1, -0.05) is 138 Å². The summed E-state index contributed by atoms with van der Waals surface area (Å²) in [5, 5.41) is 0. The van der Waals surface area contributed by atoms with Crippen molar-refractivity contribution >= 4 is 34.2 Å². The Morgan fingerprint density at radius 1 is 0.406 bits per heavy atom. The van der Waals surface area contributed by atoms with Crippen LogP contribution in [0.4, 0.5) is 0 Å². The zero-order valence-corrected chi connectivity index (χ0v) is 23.0. The first-order valence-corrected chi connectivity index (χ1v) is 19.3. The summed E-state index contributed by atoms with van der Waals surface area (Å²) in [5.74, 6) is 0. The molecule has 3 heteroatoms. The van der Waals surface area contributed by atoms with Crippen LogP contribution in [0.15, 0.2) is 91.0 Å². The zero-order valence-electron chi connectivity index (χ0n) is 20.1. The summed E-state index contributed by atoms with van der Waals surface area (Å²) in [7, 11) is -1.74. The Bertz CT molecular complexity index is 1130. The van der Waals surface area contributed by atoms with Crippen LogP contribution in [0, 0.1) is 0 Å². The van der Waals surface area contributed by atoms with Gasteiger partial charge < -0.3 is 0 Å². The molecule has 0 aliphatic heterocycles. The Morgan fingerprint density at radius 2 is 0.688 bits per heavy atom. The highest BCUT2D eigenvalue weighted by Gasteiger charge is 2.32. The zero-order chi connectivity index (χ0) is 22.9. The number of hydrogen-bond acceptors (Lipinski definition) is 0. The average Bonchev–Trinajstić information content (AvgIpc) is 2.78. The smallest absolute Gasteiger partial charge is 0.0772 e. The van der Waals surface area contributed by atoms with Gasteiger partial charge in [0.1, 0.15) is 0 Å². The van der Waals surface area contributed by atoms with Crippen molar-refractivity contribution in [3.8, 4) is 33.4 Å². The highest BCUT2D eigenvalue weighted by molar-refractivity contribution is 7.50. The van der Waals surface area contributed by atoms with Gasteiger partial charge in [0.25, 0.3) is 0 Å². The van der Waals surface area contributed by atoms with Crippen LogP contribution >= 0.6 is 8.19 Å². The SMILES string of the molecule is C[Si](C)(C)c1pc([Si](C)(C)C)c(-c2ccccc2)c(-c2ccccc2)c1-c1ccccc1. The lowest BCUT2D eigenvalue weighted by atomic mass is 9.91. The van der Waals surface area contributed by atoms with Gasteiger partial charge in [-0.15, -0.1) is 0 Å². The molecule has 32 heavy (non-hydrogen) atoms. The highest BCUT2D eigenvalue weighted by atomic mass is 31.0. The fourth-order valence-electron chi connectivity index (χ4n) is 4.34. The van der Waals surface area contributed by atoms with Gasteiger partial charge in [-0.25, -0.2) is 0 Å². The molecule has 0 nitrogen and oxygen atoms in total. The van der Waals surface area contributed by atoms with Crippen molar-refractivity contribution in [2.24, 2.45) is 0 Å². The summed E-state index contributed by atoms with van der Waals surface area (Å²) in [6, 6.07) is 33.3. The van der Waals surface area contributed by atoms with Gasteiger partial charge in [-0.3, -0.25) is 0 Å². The minimum atomic E-state index is -1.59. The molecule has 0 saturated heterocycles. The molecule has 0 atom stereocenters. The first kappa shape index (κ1) is 22.9. The molecule has 0 amide bonds. The van der Waals surface area contributed by atoms with E-state index in [-0.39, 0.29) is 0 Å². The molecule has 0 fully saturated rings. The van der Waals surface area contributed by atoms with E-state index in [0.717, 1.165) is 0 Å². The number of rotatable bonds is 5. The Kier molecular flexibility index (Phi) is 6.40. The van der Waals surface area contributed by atoms with Gasteiger partial charge >= 0.3 is 0 Å². The van der Waals surface area contributed by atoms with Crippen molar-refractivity contribution < 1.29 is 0 Å². The lowest BCUT2D eigenvalue weighted by Crippen LogP contribution is -2.44. The van der Waals surface area contributed by atoms with Crippen molar-refractivity contribution in [3.05, 3.63) is 91.0 Å². The minimum Gasteiger partial charge on any atom is -0.0772 e. The van der Waals surface area contributed by atoms with Crippen molar-refractivity contribution in [2.75, 3.05) is 0 Å². The van der Waals surface area contributed by atoms with Gasteiger partial charge in [0.05, 0.1) is 16.1 Å². The van der Waals surface area contributed by atoms with E-state index < -0.39 is 16.1 Å². The third-order valence-electron chi connectivity index (χ3n) is 5.81. The second kappa shape index (κ2) is 8.94. The maximum absolute atomic E-state index is 2.51. The highest BCUT2D eigenvalue weighted by Crippen LogP contribution is 2.42. The van der Waals surface area contributed by atoms with E-state index in [0.29, 0.717) is 0 Å². The molecule has 0 radical (unpaired) electrons. The third-order valence-corrected chi connectivity index (χ3v) is 14.7. The first-order chi connectivity index (χ1) is 15.2. The summed E-state index contributed by atoms with van der Waals surface area (Å²) in [4.78, 5) is 3.33. The quantitative estimate of drug-likeness (QED) is 0.258. The average molecular weight is 469 g/mol. The molecular formula is C29H33PSi2. The Labute approximate surface area is 197 Å². The summed E-state index contributed by atoms with van der Waals surface area (Å²) in [6.07, 6.45) is 0. The van der Waals surface area contributed by atoms with Crippen LogP contribution in [0.1, 0.15) is 0 Å². The van der Waals surface area contributed by atoms with Gasteiger partial charge in [-0.05, 0) is 43.2 Å². The van der Waals surface area contributed by atoms with Crippen molar-refractivity contribution in [1.82, 2.24) is 0 Å². The molecule has 1 aromatic heterocycles. The lowest BCUT2D eigenvalue weighted by molar-refractivity contribution is 1.59. The molecule has 0 aliphatic carbocycles. The van der Waals surface area contributed by atoms with Gasteiger partial charge in [-0.2, -0.15) is 0 Å². The van der Waals surface area contributed by atoms with E-state index in [4.69, 9.17) is 0 Å². The van der Waals surface area contributed by atoms with Crippen LogP contribution in [-0.2, 0) is 0 Å². The van der Waals surface area contributed by atoms with Crippen LogP contribution in [-0.4, -0.2) is 16.1 Å². The van der Waals surface area contributed by atoms with Crippen molar-refractivity contribution in [1.29, 1.82) is 0 Å². The van der Waals surface area contributed by atoms with Gasteiger partial charge in [0.15, 0.2) is 0 Å². The summed E-state index contributed by atoms with van der Waals surface area (Å²) in [6.45, 7) is 15.1. The van der Waals surface area contributed by atoms with E-state index in [1.807, 2.05) is 0 Å². The molecule has 162 valence electrons. The van der Waals surface area contributed by atoms with Crippen LogP contribution in [0.2, 0.25) is 39.3 Å².